The molecule has 0 atom stereocenters. The predicted octanol–water partition coefficient (Wildman–Crippen LogP) is 2.84. The maximum atomic E-state index is 12.6. The Bertz CT molecular complexity index is 946. The number of amides is 1. The topological polar surface area (TPSA) is 36.8 Å². The molecule has 0 aliphatic carbocycles. The fraction of sp³-hybridized carbons (Fsp3) is 0.227. The highest BCUT2D eigenvalue weighted by Gasteiger charge is 2.23. The van der Waals surface area contributed by atoms with Gasteiger partial charge in [0.25, 0.3) is 5.91 Å². The summed E-state index contributed by atoms with van der Waals surface area (Å²) in [5, 5.41) is 6.09. The quantitative estimate of drug-likeness (QED) is 0.730. The number of hydrogen-bond acceptors (Lipinski definition) is 2. The molecule has 1 fully saturated rings. The number of rotatable bonds is 4. The Morgan fingerprint density at radius 2 is 1.67 bits per heavy atom. The molecule has 27 heavy (non-hydrogen) atoms. The number of fused-ring (bicyclic) bond motifs is 1. The molecule has 138 valence electrons. The number of piperazine rings is 1. The second-order valence-electron chi connectivity index (χ2n) is 6.94. The molecule has 0 radical (unpaired) electrons. The summed E-state index contributed by atoms with van der Waals surface area (Å²) in [5.74, 6) is 0.0625. The number of nitrogens with zero attached hydrogens (tertiary/aromatic N) is 1. The van der Waals surface area contributed by atoms with Crippen molar-refractivity contribution in [1.82, 2.24) is 0 Å². The van der Waals surface area contributed by atoms with Gasteiger partial charge in [0, 0.05) is 11.1 Å². The van der Waals surface area contributed by atoms with Crippen LogP contribution in [0.25, 0.3) is 10.8 Å². The zero-order chi connectivity index (χ0) is 18.6. The molecule has 0 unspecified atom stereocenters. The average Bonchev–Trinajstić information content (AvgIpc) is 2.69. The first-order valence-electron chi connectivity index (χ1n) is 9.31. The molecule has 1 aliphatic rings. The van der Waals surface area contributed by atoms with Crippen molar-refractivity contribution in [1.29, 1.82) is 0 Å². The number of hydrogen-bond donors (Lipinski definition) is 2. The minimum absolute atomic E-state index is 0.0625. The van der Waals surface area contributed by atoms with E-state index in [1.807, 2.05) is 48.5 Å². The molecule has 0 aromatic heterocycles. The SMILES string of the molecule is O=C(C[NH+]1CCN(c2ccccc2Cl)CC1)Nc1cccc2ccccc12. The number of benzene rings is 3. The van der Waals surface area contributed by atoms with Crippen LogP contribution in [0.4, 0.5) is 11.4 Å². The van der Waals surface area contributed by atoms with Crippen LogP contribution in [0.3, 0.4) is 0 Å². The minimum Gasteiger partial charge on any atom is -0.359 e. The molecule has 3 aromatic carbocycles. The smallest absolute Gasteiger partial charge is 0.279 e. The van der Waals surface area contributed by atoms with E-state index >= 15 is 0 Å². The lowest BCUT2D eigenvalue weighted by Gasteiger charge is -2.33. The zero-order valence-electron chi connectivity index (χ0n) is 15.1. The third-order valence-electron chi connectivity index (χ3n) is 5.14. The molecule has 2 N–H and O–H groups in total. The van der Waals surface area contributed by atoms with Gasteiger partial charge in [-0.15, -0.1) is 0 Å². The van der Waals surface area contributed by atoms with Gasteiger partial charge in [0.1, 0.15) is 0 Å². The van der Waals surface area contributed by atoms with Crippen molar-refractivity contribution in [3.8, 4) is 0 Å². The Hall–Kier alpha value is -2.56. The number of para-hydroxylation sites is 1. The summed E-state index contributed by atoms with van der Waals surface area (Å²) in [6.07, 6.45) is 0. The van der Waals surface area contributed by atoms with Gasteiger partial charge < -0.3 is 15.1 Å². The first-order valence-corrected chi connectivity index (χ1v) is 9.69. The standard InChI is InChI=1S/C22H22ClN3O/c23-19-9-3-4-11-21(19)26-14-12-25(13-15-26)16-22(27)24-20-10-5-7-17-6-1-2-8-18(17)20/h1-11H,12-16H2,(H,24,27)/p+1. The first-order chi connectivity index (χ1) is 13.2. The number of anilines is 2. The largest absolute Gasteiger partial charge is 0.359 e. The van der Waals surface area contributed by atoms with Crippen molar-refractivity contribution in [2.24, 2.45) is 0 Å². The summed E-state index contributed by atoms with van der Waals surface area (Å²) < 4.78 is 0. The van der Waals surface area contributed by atoms with Crippen LogP contribution >= 0.6 is 11.6 Å². The van der Waals surface area contributed by atoms with Crippen molar-refractivity contribution in [3.63, 3.8) is 0 Å². The summed E-state index contributed by atoms with van der Waals surface area (Å²) >= 11 is 6.30. The normalized spacial score (nSPS) is 15.1. The van der Waals surface area contributed by atoms with Gasteiger partial charge in [-0.25, -0.2) is 0 Å². The Kier molecular flexibility index (Phi) is 5.28. The van der Waals surface area contributed by atoms with Crippen LogP contribution in [0.5, 0.6) is 0 Å². The summed E-state index contributed by atoms with van der Waals surface area (Å²) in [5.41, 5.74) is 1.96. The van der Waals surface area contributed by atoms with E-state index in [1.54, 1.807) is 0 Å². The zero-order valence-corrected chi connectivity index (χ0v) is 15.9. The molecule has 4 nitrogen and oxygen atoms in total. The van der Waals surface area contributed by atoms with Crippen molar-refractivity contribution in [2.45, 2.75) is 0 Å². The molecule has 1 aliphatic heterocycles. The van der Waals surface area contributed by atoms with Crippen LogP contribution < -0.4 is 15.1 Å². The number of nitrogens with one attached hydrogen (secondary N) is 2. The van der Waals surface area contributed by atoms with E-state index in [0.29, 0.717) is 6.54 Å². The fourth-order valence-electron chi connectivity index (χ4n) is 3.70. The van der Waals surface area contributed by atoms with Crippen molar-refractivity contribution >= 4 is 39.7 Å². The van der Waals surface area contributed by atoms with Gasteiger partial charge in [-0.2, -0.15) is 0 Å². The Morgan fingerprint density at radius 3 is 2.48 bits per heavy atom. The number of quaternary nitrogens is 1. The van der Waals surface area contributed by atoms with Gasteiger partial charge in [0.05, 0.1) is 36.9 Å². The minimum atomic E-state index is 0.0625. The molecule has 4 rings (SSSR count). The van der Waals surface area contributed by atoms with E-state index in [9.17, 15) is 4.79 Å². The molecule has 1 heterocycles. The third kappa shape index (κ3) is 4.07. The van der Waals surface area contributed by atoms with Crippen molar-refractivity contribution in [2.75, 3.05) is 42.9 Å². The van der Waals surface area contributed by atoms with E-state index in [0.717, 1.165) is 53.3 Å². The van der Waals surface area contributed by atoms with Gasteiger partial charge in [0.15, 0.2) is 6.54 Å². The summed E-state index contributed by atoms with van der Waals surface area (Å²) in [4.78, 5) is 16.2. The highest BCUT2D eigenvalue weighted by molar-refractivity contribution is 6.33. The molecule has 0 saturated carbocycles. The second kappa shape index (κ2) is 7.99. The molecular weight excluding hydrogens is 358 g/mol. The fourth-order valence-corrected chi connectivity index (χ4v) is 3.96. The van der Waals surface area contributed by atoms with Crippen LogP contribution in [0.2, 0.25) is 5.02 Å². The maximum absolute atomic E-state index is 12.6. The lowest BCUT2D eigenvalue weighted by molar-refractivity contribution is -0.892. The highest BCUT2D eigenvalue weighted by Crippen LogP contribution is 2.25. The van der Waals surface area contributed by atoms with Crippen LogP contribution in [-0.4, -0.2) is 38.6 Å². The van der Waals surface area contributed by atoms with Gasteiger partial charge in [0.2, 0.25) is 0 Å². The van der Waals surface area contributed by atoms with Crippen molar-refractivity contribution in [3.05, 3.63) is 71.8 Å². The lowest BCUT2D eigenvalue weighted by Crippen LogP contribution is -3.15. The van der Waals surface area contributed by atoms with Crippen LogP contribution in [-0.2, 0) is 4.79 Å². The van der Waals surface area contributed by atoms with E-state index in [2.05, 4.69) is 28.4 Å². The van der Waals surface area contributed by atoms with E-state index < -0.39 is 0 Å². The maximum Gasteiger partial charge on any atom is 0.279 e. The van der Waals surface area contributed by atoms with Crippen molar-refractivity contribution < 1.29 is 9.69 Å². The van der Waals surface area contributed by atoms with Crippen LogP contribution in [0, 0.1) is 0 Å². The molecule has 5 heteroatoms. The lowest BCUT2D eigenvalue weighted by atomic mass is 10.1. The molecule has 0 bridgehead atoms. The number of carbonyl (C=O) groups is 1. The molecule has 1 amide bonds. The Morgan fingerprint density at radius 1 is 0.963 bits per heavy atom. The summed E-state index contributed by atoms with van der Waals surface area (Å²) in [6, 6.07) is 22.1. The highest BCUT2D eigenvalue weighted by atomic mass is 35.5. The number of halogens is 1. The Labute approximate surface area is 164 Å². The summed E-state index contributed by atoms with van der Waals surface area (Å²) in [7, 11) is 0. The Balaban J connectivity index is 1.35. The van der Waals surface area contributed by atoms with Gasteiger partial charge in [-0.05, 0) is 23.6 Å². The van der Waals surface area contributed by atoms with Crippen LogP contribution in [0.15, 0.2) is 66.7 Å². The molecule has 3 aromatic rings. The third-order valence-corrected chi connectivity index (χ3v) is 5.46. The predicted molar refractivity (Wildman–Crippen MR) is 112 cm³/mol. The van der Waals surface area contributed by atoms with Gasteiger partial charge in [-0.1, -0.05) is 60.1 Å². The van der Waals surface area contributed by atoms with E-state index in [4.69, 9.17) is 11.6 Å². The van der Waals surface area contributed by atoms with E-state index in [1.165, 1.54) is 4.90 Å². The van der Waals surface area contributed by atoms with Gasteiger partial charge in [-0.3, -0.25) is 4.79 Å². The van der Waals surface area contributed by atoms with Gasteiger partial charge >= 0.3 is 0 Å². The van der Waals surface area contributed by atoms with Crippen LogP contribution in [0.1, 0.15) is 0 Å². The number of carbonyl (C=O) groups excluding carboxylic acids is 1. The first kappa shape index (κ1) is 17.8. The monoisotopic (exact) mass is 380 g/mol. The average molecular weight is 381 g/mol. The summed E-state index contributed by atoms with van der Waals surface area (Å²) in [6.45, 7) is 4.14. The van der Waals surface area contributed by atoms with E-state index in [-0.39, 0.29) is 5.91 Å². The molecular formula is C22H23ClN3O+. The molecule has 1 saturated heterocycles. The molecule has 0 spiro atoms. The second-order valence-corrected chi connectivity index (χ2v) is 7.35.